The third-order valence-electron chi connectivity index (χ3n) is 2.50. The van der Waals surface area contributed by atoms with Crippen molar-refractivity contribution in [3.63, 3.8) is 0 Å². The molecule has 0 aliphatic heterocycles. The highest BCUT2D eigenvalue weighted by atomic mass is 35.5. The number of hydrogen-bond acceptors (Lipinski definition) is 2. The smallest absolute Gasteiger partial charge is 0.193 e. The number of nitriles is 1. The van der Waals surface area contributed by atoms with Crippen molar-refractivity contribution in [1.82, 2.24) is 0 Å². The molecule has 3 heteroatoms. The van der Waals surface area contributed by atoms with E-state index in [1.165, 1.54) is 0 Å². The van der Waals surface area contributed by atoms with Gasteiger partial charge < -0.3 is 0 Å². The van der Waals surface area contributed by atoms with E-state index in [-0.39, 0.29) is 17.6 Å². The zero-order chi connectivity index (χ0) is 8.06. The van der Waals surface area contributed by atoms with Gasteiger partial charge in [0.2, 0.25) is 0 Å². The molecule has 2 rings (SSSR count). The number of halogens is 1. The van der Waals surface area contributed by atoms with Crippen LogP contribution in [0.15, 0.2) is 12.2 Å². The van der Waals surface area contributed by atoms with Crippen LogP contribution in [0.5, 0.6) is 0 Å². The number of carbonyl (C=O) groups is 1. The fourth-order valence-electron chi connectivity index (χ4n) is 1.80. The van der Waals surface area contributed by atoms with Gasteiger partial charge in [0.1, 0.15) is 0 Å². The Kier molecular flexibility index (Phi) is 1.16. The van der Waals surface area contributed by atoms with Crippen LogP contribution in [-0.2, 0) is 4.79 Å². The Morgan fingerprint density at radius 1 is 1.82 bits per heavy atom. The first-order valence-electron chi connectivity index (χ1n) is 3.51. The monoisotopic (exact) mass is 167 g/mol. The molecule has 0 heterocycles. The SMILES string of the molecule is N#CC1(Cl)C(=O)[C@H]2C=CC[C@H]21. The maximum absolute atomic E-state index is 11.2. The average Bonchev–Trinajstić information content (AvgIpc) is 2.48. The molecular formula is C8H6ClNO. The van der Waals surface area contributed by atoms with Gasteiger partial charge in [-0.15, -0.1) is 0 Å². The van der Waals surface area contributed by atoms with E-state index in [1.807, 2.05) is 18.2 Å². The van der Waals surface area contributed by atoms with Gasteiger partial charge in [-0.1, -0.05) is 23.8 Å². The molecule has 1 saturated carbocycles. The highest BCUT2D eigenvalue weighted by Gasteiger charge is 2.61. The second kappa shape index (κ2) is 1.86. The van der Waals surface area contributed by atoms with Gasteiger partial charge in [0.25, 0.3) is 0 Å². The van der Waals surface area contributed by atoms with Gasteiger partial charge >= 0.3 is 0 Å². The summed E-state index contributed by atoms with van der Waals surface area (Å²) in [6, 6.07) is 1.87. The van der Waals surface area contributed by atoms with E-state index in [0.29, 0.717) is 0 Å². The van der Waals surface area contributed by atoms with Crippen LogP contribution in [0.1, 0.15) is 6.42 Å². The number of Topliss-reactive ketones (excluding diaryl/α,β-unsaturated/α-hetero) is 1. The molecule has 0 N–H and O–H groups in total. The first-order valence-corrected chi connectivity index (χ1v) is 3.89. The number of ketones is 1. The molecule has 0 spiro atoms. The van der Waals surface area contributed by atoms with Gasteiger partial charge in [0.15, 0.2) is 10.7 Å². The van der Waals surface area contributed by atoms with Crippen LogP contribution >= 0.6 is 11.6 Å². The molecule has 2 aliphatic carbocycles. The summed E-state index contributed by atoms with van der Waals surface area (Å²) in [5, 5.41) is 8.63. The van der Waals surface area contributed by atoms with Crippen LogP contribution in [0.4, 0.5) is 0 Å². The fraction of sp³-hybridized carbons (Fsp3) is 0.500. The summed E-state index contributed by atoms with van der Waals surface area (Å²) >= 11 is 5.79. The summed E-state index contributed by atoms with van der Waals surface area (Å²) in [5.74, 6) is -0.144. The molecule has 2 nitrogen and oxygen atoms in total. The van der Waals surface area contributed by atoms with E-state index in [2.05, 4.69) is 0 Å². The Bertz CT molecular complexity index is 291. The molecule has 0 aromatic rings. The third-order valence-corrected chi connectivity index (χ3v) is 3.05. The van der Waals surface area contributed by atoms with Crippen molar-refractivity contribution in [3.05, 3.63) is 12.2 Å². The Balaban J connectivity index is 2.33. The third kappa shape index (κ3) is 0.598. The van der Waals surface area contributed by atoms with E-state index in [1.54, 1.807) is 0 Å². The largest absolute Gasteiger partial charge is 0.296 e. The lowest BCUT2D eigenvalue weighted by atomic mass is 9.65. The molecular weight excluding hydrogens is 162 g/mol. The molecule has 11 heavy (non-hydrogen) atoms. The zero-order valence-electron chi connectivity index (χ0n) is 5.75. The molecule has 0 radical (unpaired) electrons. The lowest BCUT2D eigenvalue weighted by molar-refractivity contribution is -0.133. The van der Waals surface area contributed by atoms with E-state index in [0.717, 1.165) is 6.42 Å². The topological polar surface area (TPSA) is 40.9 Å². The van der Waals surface area contributed by atoms with Crippen molar-refractivity contribution < 1.29 is 4.79 Å². The number of allylic oxidation sites excluding steroid dienone is 2. The van der Waals surface area contributed by atoms with Gasteiger partial charge in [-0.2, -0.15) is 5.26 Å². The Labute approximate surface area is 69.4 Å². The summed E-state index contributed by atoms with van der Waals surface area (Å²) < 4.78 is 0. The van der Waals surface area contributed by atoms with Crippen LogP contribution in [0.2, 0.25) is 0 Å². The Hall–Kier alpha value is -0.810. The summed E-state index contributed by atoms with van der Waals surface area (Å²) in [5.41, 5.74) is 0. The Morgan fingerprint density at radius 2 is 2.55 bits per heavy atom. The molecule has 0 bridgehead atoms. The predicted molar refractivity (Wildman–Crippen MR) is 39.9 cm³/mol. The molecule has 0 saturated heterocycles. The van der Waals surface area contributed by atoms with Crippen molar-refractivity contribution in [2.45, 2.75) is 11.3 Å². The van der Waals surface area contributed by atoms with Gasteiger partial charge in [-0.3, -0.25) is 4.79 Å². The Morgan fingerprint density at radius 3 is 3.18 bits per heavy atom. The number of fused-ring (bicyclic) bond motifs is 1. The van der Waals surface area contributed by atoms with Crippen molar-refractivity contribution in [3.8, 4) is 6.07 Å². The van der Waals surface area contributed by atoms with E-state index in [4.69, 9.17) is 16.9 Å². The van der Waals surface area contributed by atoms with Crippen molar-refractivity contribution in [1.29, 1.82) is 5.26 Å². The van der Waals surface area contributed by atoms with E-state index < -0.39 is 4.87 Å². The molecule has 0 aromatic carbocycles. The summed E-state index contributed by atoms with van der Waals surface area (Å²) in [4.78, 5) is 9.99. The number of carbonyl (C=O) groups excluding carboxylic acids is 1. The zero-order valence-corrected chi connectivity index (χ0v) is 6.51. The molecule has 1 unspecified atom stereocenters. The van der Waals surface area contributed by atoms with Gasteiger partial charge in [-0.05, 0) is 6.42 Å². The number of nitrogens with zero attached hydrogens (tertiary/aromatic N) is 1. The molecule has 1 fully saturated rings. The average molecular weight is 168 g/mol. The summed E-state index contributed by atoms with van der Waals surface area (Å²) in [6.07, 6.45) is 4.55. The highest BCUT2D eigenvalue weighted by molar-refractivity contribution is 6.41. The van der Waals surface area contributed by atoms with Crippen LogP contribution in [-0.4, -0.2) is 10.7 Å². The normalized spacial score (nSPS) is 46.4. The minimum Gasteiger partial charge on any atom is -0.296 e. The van der Waals surface area contributed by atoms with Crippen LogP contribution in [0.3, 0.4) is 0 Å². The van der Waals surface area contributed by atoms with Gasteiger partial charge in [-0.25, -0.2) is 0 Å². The first kappa shape index (κ1) is 6.87. The quantitative estimate of drug-likeness (QED) is 0.403. The molecule has 0 aromatic heterocycles. The molecule has 0 amide bonds. The lowest BCUT2D eigenvalue weighted by Crippen LogP contribution is -2.56. The summed E-state index contributed by atoms with van der Waals surface area (Å²) in [6.45, 7) is 0. The molecule has 56 valence electrons. The highest BCUT2D eigenvalue weighted by Crippen LogP contribution is 2.50. The maximum atomic E-state index is 11.2. The van der Waals surface area contributed by atoms with E-state index in [9.17, 15) is 4.79 Å². The minimum atomic E-state index is -1.20. The number of alkyl halides is 1. The standard InChI is InChI=1S/C8H6ClNO/c9-8(4-10)6-3-1-2-5(6)7(8)11/h1-2,5-6H,3H2/t5-,6+,8?/m0/s1. The van der Waals surface area contributed by atoms with Gasteiger partial charge in [0.05, 0.1) is 6.07 Å². The molecule has 2 aliphatic rings. The van der Waals surface area contributed by atoms with Crippen LogP contribution in [0.25, 0.3) is 0 Å². The maximum Gasteiger partial charge on any atom is 0.193 e. The second-order valence-corrected chi connectivity index (χ2v) is 3.58. The molecule has 3 atom stereocenters. The lowest BCUT2D eigenvalue weighted by Gasteiger charge is -2.40. The number of hydrogen-bond donors (Lipinski definition) is 0. The van der Waals surface area contributed by atoms with Crippen LogP contribution < -0.4 is 0 Å². The van der Waals surface area contributed by atoms with Crippen LogP contribution in [0, 0.1) is 23.2 Å². The van der Waals surface area contributed by atoms with Gasteiger partial charge in [0, 0.05) is 11.8 Å². The number of rotatable bonds is 0. The van der Waals surface area contributed by atoms with Crippen molar-refractivity contribution >= 4 is 17.4 Å². The van der Waals surface area contributed by atoms with E-state index >= 15 is 0 Å². The minimum absolute atomic E-state index is 0.0432. The predicted octanol–water partition coefficient (Wildman–Crippen LogP) is 1.26. The first-order chi connectivity index (χ1) is 5.20. The van der Waals surface area contributed by atoms with Crippen molar-refractivity contribution in [2.24, 2.45) is 11.8 Å². The van der Waals surface area contributed by atoms with Crippen molar-refractivity contribution in [2.75, 3.05) is 0 Å². The summed E-state index contributed by atoms with van der Waals surface area (Å²) in [7, 11) is 0. The fourth-order valence-corrected chi connectivity index (χ4v) is 2.15. The second-order valence-electron chi connectivity index (χ2n) is 2.98.